The Kier molecular flexibility index (Phi) is 2.44. The summed E-state index contributed by atoms with van der Waals surface area (Å²) in [5.74, 6) is 1.72. The summed E-state index contributed by atoms with van der Waals surface area (Å²) >= 11 is 0. The van der Waals surface area contributed by atoms with Crippen LogP contribution in [0.25, 0.3) is 0 Å². The minimum Gasteiger partial charge on any atom is -0.497 e. The molecule has 17 heavy (non-hydrogen) atoms. The number of rotatable bonds is 2. The minimum absolute atomic E-state index is 0.264. The minimum atomic E-state index is 0.264. The van der Waals surface area contributed by atoms with Crippen LogP contribution in [0.4, 0.5) is 5.95 Å². The lowest BCUT2D eigenvalue weighted by Gasteiger charge is -2.24. The van der Waals surface area contributed by atoms with E-state index < -0.39 is 0 Å². The van der Waals surface area contributed by atoms with Crippen molar-refractivity contribution in [1.82, 2.24) is 14.8 Å². The van der Waals surface area contributed by atoms with Gasteiger partial charge in [0.25, 0.3) is 0 Å². The third-order valence-electron chi connectivity index (χ3n) is 3.07. The Bertz CT molecular complexity index is 505. The molecule has 1 atom stereocenters. The molecule has 0 radical (unpaired) electrons. The summed E-state index contributed by atoms with van der Waals surface area (Å²) in [7, 11) is 1.68. The van der Waals surface area contributed by atoms with Gasteiger partial charge < -0.3 is 10.1 Å². The Balaban J connectivity index is 1.95. The number of hydrogen-bond acceptors (Lipinski definition) is 4. The van der Waals surface area contributed by atoms with Crippen molar-refractivity contribution in [2.75, 3.05) is 19.0 Å². The number of benzene rings is 1. The second-order valence-corrected chi connectivity index (χ2v) is 4.03. The van der Waals surface area contributed by atoms with Crippen molar-refractivity contribution in [1.29, 1.82) is 0 Å². The predicted octanol–water partition coefficient (Wildman–Crippen LogP) is 1.69. The van der Waals surface area contributed by atoms with Gasteiger partial charge in [0.1, 0.15) is 12.1 Å². The highest BCUT2D eigenvalue weighted by molar-refractivity contribution is 5.34. The Morgan fingerprint density at radius 2 is 2.18 bits per heavy atom. The Morgan fingerprint density at radius 1 is 1.35 bits per heavy atom. The highest BCUT2D eigenvalue weighted by Gasteiger charge is 2.22. The molecule has 1 unspecified atom stereocenters. The first kappa shape index (κ1) is 10.1. The zero-order chi connectivity index (χ0) is 11.7. The van der Waals surface area contributed by atoms with Crippen LogP contribution in [0, 0.1) is 0 Å². The smallest absolute Gasteiger partial charge is 0.221 e. The number of aromatic nitrogens is 3. The second-order valence-electron chi connectivity index (χ2n) is 4.03. The second kappa shape index (κ2) is 4.08. The largest absolute Gasteiger partial charge is 0.497 e. The summed E-state index contributed by atoms with van der Waals surface area (Å²) in [6, 6.07) is 8.39. The molecule has 0 amide bonds. The quantitative estimate of drug-likeness (QED) is 0.853. The van der Waals surface area contributed by atoms with Crippen molar-refractivity contribution in [3.63, 3.8) is 0 Å². The van der Waals surface area contributed by atoms with Crippen LogP contribution in [0.2, 0.25) is 0 Å². The number of nitrogens with one attached hydrogen (secondary N) is 1. The van der Waals surface area contributed by atoms with Crippen LogP contribution in [0.3, 0.4) is 0 Å². The van der Waals surface area contributed by atoms with E-state index >= 15 is 0 Å². The Hall–Kier alpha value is -2.04. The first-order valence-electron chi connectivity index (χ1n) is 5.66. The molecule has 1 aromatic heterocycles. The topological polar surface area (TPSA) is 52.0 Å². The standard InChI is InChI=1S/C12H14N4O/c1-17-10-4-2-9(3-5-10)11-6-7-13-12-14-8-15-16(11)12/h2-5,8,11H,6-7H2,1H3,(H,13,14,15). The molecule has 1 aliphatic rings. The van der Waals surface area contributed by atoms with Gasteiger partial charge in [-0.1, -0.05) is 12.1 Å². The van der Waals surface area contributed by atoms with Gasteiger partial charge in [-0.25, -0.2) is 4.68 Å². The van der Waals surface area contributed by atoms with Crippen LogP contribution in [0.15, 0.2) is 30.6 Å². The highest BCUT2D eigenvalue weighted by atomic mass is 16.5. The molecule has 2 heterocycles. The summed E-state index contributed by atoms with van der Waals surface area (Å²) in [5.41, 5.74) is 1.24. The molecule has 0 saturated carbocycles. The molecule has 0 bridgehead atoms. The first-order chi connectivity index (χ1) is 8.38. The fraction of sp³-hybridized carbons (Fsp3) is 0.333. The maximum Gasteiger partial charge on any atom is 0.221 e. The molecule has 1 N–H and O–H groups in total. The van der Waals surface area contributed by atoms with Crippen LogP contribution >= 0.6 is 0 Å². The summed E-state index contributed by atoms with van der Waals surface area (Å²) in [6.45, 7) is 0.926. The molecule has 0 fully saturated rings. The van der Waals surface area contributed by atoms with E-state index in [1.54, 1.807) is 13.4 Å². The van der Waals surface area contributed by atoms with E-state index in [9.17, 15) is 0 Å². The third-order valence-corrected chi connectivity index (χ3v) is 3.07. The van der Waals surface area contributed by atoms with Crippen LogP contribution in [0.5, 0.6) is 5.75 Å². The molecule has 0 saturated heterocycles. The van der Waals surface area contributed by atoms with E-state index in [1.807, 2.05) is 16.8 Å². The van der Waals surface area contributed by atoms with Crippen molar-refractivity contribution < 1.29 is 4.74 Å². The van der Waals surface area contributed by atoms with Crippen molar-refractivity contribution in [2.45, 2.75) is 12.5 Å². The molecule has 88 valence electrons. The number of anilines is 1. The first-order valence-corrected chi connectivity index (χ1v) is 5.66. The SMILES string of the molecule is COc1ccc(C2CCNc3ncnn32)cc1. The van der Waals surface area contributed by atoms with Gasteiger partial charge in [-0.3, -0.25) is 0 Å². The molecular weight excluding hydrogens is 216 g/mol. The summed E-state index contributed by atoms with van der Waals surface area (Å²) < 4.78 is 7.10. The molecule has 5 nitrogen and oxygen atoms in total. The van der Waals surface area contributed by atoms with Crippen LogP contribution < -0.4 is 10.1 Å². The third kappa shape index (κ3) is 1.73. The normalized spacial score (nSPS) is 18.3. The molecule has 0 spiro atoms. The lowest BCUT2D eigenvalue weighted by atomic mass is 10.0. The average molecular weight is 230 g/mol. The monoisotopic (exact) mass is 230 g/mol. The molecule has 2 aromatic rings. The van der Waals surface area contributed by atoms with Crippen LogP contribution in [-0.4, -0.2) is 28.4 Å². The van der Waals surface area contributed by atoms with Crippen LogP contribution in [0.1, 0.15) is 18.0 Å². The van der Waals surface area contributed by atoms with Gasteiger partial charge in [0.15, 0.2) is 0 Å². The fourth-order valence-electron chi connectivity index (χ4n) is 2.18. The fourth-order valence-corrected chi connectivity index (χ4v) is 2.18. The van der Waals surface area contributed by atoms with Crippen molar-refractivity contribution in [3.05, 3.63) is 36.2 Å². The van der Waals surface area contributed by atoms with Crippen molar-refractivity contribution in [2.24, 2.45) is 0 Å². The molecular formula is C12H14N4O. The Morgan fingerprint density at radius 3 is 2.94 bits per heavy atom. The summed E-state index contributed by atoms with van der Waals surface area (Å²) in [4.78, 5) is 4.18. The van der Waals surface area contributed by atoms with Gasteiger partial charge >= 0.3 is 0 Å². The lowest BCUT2D eigenvalue weighted by molar-refractivity contribution is 0.413. The van der Waals surface area contributed by atoms with Gasteiger partial charge in [0, 0.05) is 6.54 Å². The van der Waals surface area contributed by atoms with Crippen LogP contribution in [-0.2, 0) is 0 Å². The zero-order valence-electron chi connectivity index (χ0n) is 9.63. The summed E-state index contributed by atoms with van der Waals surface area (Å²) in [6.07, 6.45) is 2.60. The van der Waals surface area contributed by atoms with Gasteiger partial charge in [-0.05, 0) is 24.1 Å². The van der Waals surface area contributed by atoms with E-state index in [1.165, 1.54) is 5.56 Å². The van der Waals surface area contributed by atoms with E-state index in [-0.39, 0.29) is 6.04 Å². The average Bonchev–Trinajstić information content (AvgIpc) is 2.87. The lowest BCUT2D eigenvalue weighted by Crippen LogP contribution is -2.24. The Labute approximate surface area is 99.4 Å². The number of ether oxygens (including phenoxy) is 1. The molecule has 5 heteroatoms. The van der Waals surface area contributed by atoms with E-state index in [2.05, 4.69) is 27.5 Å². The van der Waals surface area contributed by atoms with Gasteiger partial charge in [-0.2, -0.15) is 10.1 Å². The number of hydrogen-bond donors (Lipinski definition) is 1. The van der Waals surface area contributed by atoms with Crippen molar-refractivity contribution in [3.8, 4) is 5.75 Å². The van der Waals surface area contributed by atoms with Gasteiger partial charge in [0.2, 0.25) is 5.95 Å². The van der Waals surface area contributed by atoms with Gasteiger partial charge in [0.05, 0.1) is 13.2 Å². The van der Waals surface area contributed by atoms with E-state index in [0.717, 1.165) is 24.7 Å². The number of methoxy groups -OCH3 is 1. The van der Waals surface area contributed by atoms with Crippen molar-refractivity contribution >= 4 is 5.95 Å². The number of fused-ring (bicyclic) bond motifs is 1. The summed E-state index contributed by atoms with van der Waals surface area (Å²) in [5, 5.41) is 7.50. The number of nitrogens with zero attached hydrogens (tertiary/aromatic N) is 3. The van der Waals surface area contributed by atoms with E-state index in [4.69, 9.17) is 4.74 Å². The molecule has 1 aromatic carbocycles. The predicted molar refractivity (Wildman–Crippen MR) is 64.3 cm³/mol. The molecule has 1 aliphatic heterocycles. The van der Waals surface area contributed by atoms with Gasteiger partial charge in [-0.15, -0.1) is 0 Å². The zero-order valence-corrected chi connectivity index (χ0v) is 9.63. The van der Waals surface area contributed by atoms with E-state index in [0.29, 0.717) is 0 Å². The maximum atomic E-state index is 5.16. The molecule has 3 rings (SSSR count). The maximum absolute atomic E-state index is 5.16. The highest BCUT2D eigenvalue weighted by Crippen LogP contribution is 2.28. The molecule has 0 aliphatic carbocycles.